The lowest BCUT2D eigenvalue weighted by molar-refractivity contribution is 0.425. The van der Waals surface area contributed by atoms with Gasteiger partial charge < -0.3 is 5.32 Å². The Bertz CT molecular complexity index is 666. The van der Waals surface area contributed by atoms with Crippen LogP contribution in [-0.4, -0.2) is 4.98 Å². The molecule has 1 N–H and O–H groups in total. The maximum Gasteiger partial charge on any atom is 0.0569 e. The molecule has 0 fully saturated rings. The van der Waals surface area contributed by atoms with E-state index in [1.54, 1.807) is 0 Å². The van der Waals surface area contributed by atoms with Crippen LogP contribution in [0.25, 0.3) is 0 Å². The topological polar surface area (TPSA) is 24.9 Å². The standard InChI is InChI=1S/C17H15ClN2/c18-12-6-7-16-15(9-12)13-4-1-5-14(13)17(20-16)11-3-2-8-19-10-11/h1-4,6-10,13-14,17,20H,5H2/t13-,14+,17-/m1/s1. The molecule has 0 saturated carbocycles. The zero-order valence-electron chi connectivity index (χ0n) is 11.0. The molecule has 2 aliphatic rings. The van der Waals surface area contributed by atoms with Gasteiger partial charge in [0.15, 0.2) is 0 Å². The van der Waals surface area contributed by atoms with E-state index in [9.17, 15) is 0 Å². The SMILES string of the molecule is Clc1ccc2c(c1)[C@@H]1C=CC[C@@H]1[C@@H](c1cccnc1)N2. The number of halogens is 1. The van der Waals surface area contributed by atoms with Crippen LogP contribution in [0.4, 0.5) is 5.69 Å². The molecule has 1 aromatic carbocycles. The number of benzene rings is 1. The summed E-state index contributed by atoms with van der Waals surface area (Å²) in [5, 5.41) is 4.48. The molecule has 1 aliphatic carbocycles. The summed E-state index contributed by atoms with van der Waals surface area (Å²) >= 11 is 6.16. The zero-order valence-corrected chi connectivity index (χ0v) is 11.7. The smallest absolute Gasteiger partial charge is 0.0569 e. The van der Waals surface area contributed by atoms with Crippen molar-refractivity contribution in [3.63, 3.8) is 0 Å². The molecule has 2 aromatic rings. The van der Waals surface area contributed by atoms with Crippen LogP contribution in [0.3, 0.4) is 0 Å². The van der Waals surface area contributed by atoms with Crippen molar-refractivity contribution in [2.45, 2.75) is 18.4 Å². The summed E-state index contributed by atoms with van der Waals surface area (Å²) in [5.41, 5.74) is 3.76. The molecular formula is C17H15ClN2. The van der Waals surface area contributed by atoms with Gasteiger partial charge in [-0.05, 0) is 47.7 Å². The van der Waals surface area contributed by atoms with Crippen molar-refractivity contribution in [1.82, 2.24) is 4.98 Å². The van der Waals surface area contributed by atoms with Crippen molar-refractivity contribution in [3.8, 4) is 0 Å². The number of hydrogen-bond acceptors (Lipinski definition) is 2. The molecule has 1 aromatic heterocycles. The molecule has 0 amide bonds. The van der Waals surface area contributed by atoms with Gasteiger partial charge in [-0.25, -0.2) is 0 Å². The normalized spacial score (nSPS) is 26.8. The highest BCUT2D eigenvalue weighted by Crippen LogP contribution is 2.50. The van der Waals surface area contributed by atoms with Crippen molar-refractivity contribution in [1.29, 1.82) is 0 Å². The van der Waals surface area contributed by atoms with E-state index < -0.39 is 0 Å². The molecular weight excluding hydrogens is 268 g/mol. The first kappa shape index (κ1) is 12.0. The van der Waals surface area contributed by atoms with Crippen LogP contribution in [0.5, 0.6) is 0 Å². The molecule has 0 bridgehead atoms. The second-order valence-electron chi connectivity index (χ2n) is 5.49. The van der Waals surface area contributed by atoms with Gasteiger partial charge in [0, 0.05) is 29.0 Å². The lowest BCUT2D eigenvalue weighted by Gasteiger charge is -2.37. The molecule has 3 heteroatoms. The van der Waals surface area contributed by atoms with Gasteiger partial charge >= 0.3 is 0 Å². The average Bonchev–Trinajstić information content (AvgIpc) is 2.97. The molecule has 2 heterocycles. The lowest BCUT2D eigenvalue weighted by Crippen LogP contribution is -2.29. The van der Waals surface area contributed by atoms with Gasteiger partial charge in [-0.3, -0.25) is 4.98 Å². The van der Waals surface area contributed by atoms with Crippen molar-refractivity contribution >= 4 is 17.3 Å². The quantitative estimate of drug-likeness (QED) is 0.776. The molecule has 0 spiro atoms. The molecule has 3 atom stereocenters. The van der Waals surface area contributed by atoms with Crippen LogP contribution >= 0.6 is 11.6 Å². The maximum atomic E-state index is 6.16. The van der Waals surface area contributed by atoms with Crippen molar-refractivity contribution in [2.24, 2.45) is 5.92 Å². The molecule has 100 valence electrons. The number of allylic oxidation sites excluding steroid dienone is 2. The van der Waals surface area contributed by atoms with E-state index in [-0.39, 0.29) is 0 Å². The van der Waals surface area contributed by atoms with Crippen LogP contribution in [-0.2, 0) is 0 Å². The fourth-order valence-electron chi connectivity index (χ4n) is 3.46. The third-order valence-electron chi connectivity index (χ3n) is 4.37. The predicted octanol–water partition coefficient (Wildman–Crippen LogP) is 4.56. The monoisotopic (exact) mass is 282 g/mol. The number of aromatic nitrogens is 1. The number of rotatable bonds is 1. The highest BCUT2D eigenvalue weighted by atomic mass is 35.5. The summed E-state index contributed by atoms with van der Waals surface area (Å²) in [6.45, 7) is 0. The van der Waals surface area contributed by atoms with Crippen LogP contribution in [0.2, 0.25) is 5.02 Å². The minimum atomic E-state index is 0.317. The molecule has 2 nitrogen and oxygen atoms in total. The first-order valence-corrected chi connectivity index (χ1v) is 7.33. The summed E-state index contributed by atoms with van der Waals surface area (Å²) in [5.74, 6) is 1.00. The predicted molar refractivity (Wildman–Crippen MR) is 82.0 cm³/mol. The van der Waals surface area contributed by atoms with Crippen molar-refractivity contribution in [3.05, 3.63) is 71.0 Å². The Morgan fingerprint density at radius 2 is 2.20 bits per heavy atom. The summed E-state index contributed by atoms with van der Waals surface area (Å²) < 4.78 is 0. The number of nitrogens with zero attached hydrogens (tertiary/aromatic N) is 1. The van der Waals surface area contributed by atoms with Crippen LogP contribution in [0, 0.1) is 5.92 Å². The van der Waals surface area contributed by atoms with Crippen molar-refractivity contribution < 1.29 is 0 Å². The second kappa shape index (κ2) is 4.64. The average molecular weight is 283 g/mol. The minimum Gasteiger partial charge on any atom is -0.378 e. The number of anilines is 1. The Morgan fingerprint density at radius 3 is 3.05 bits per heavy atom. The number of pyridine rings is 1. The van der Waals surface area contributed by atoms with Gasteiger partial charge in [0.25, 0.3) is 0 Å². The maximum absolute atomic E-state index is 6.16. The lowest BCUT2D eigenvalue weighted by atomic mass is 9.77. The van der Waals surface area contributed by atoms with E-state index in [1.807, 2.05) is 24.5 Å². The second-order valence-corrected chi connectivity index (χ2v) is 5.93. The number of hydrogen-bond donors (Lipinski definition) is 1. The van der Waals surface area contributed by atoms with Crippen LogP contribution in [0.15, 0.2) is 54.9 Å². The summed E-state index contributed by atoms with van der Waals surface area (Å²) in [4.78, 5) is 4.26. The highest BCUT2D eigenvalue weighted by molar-refractivity contribution is 6.30. The molecule has 0 radical (unpaired) electrons. The van der Waals surface area contributed by atoms with Crippen molar-refractivity contribution in [2.75, 3.05) is 5.32 Å². The van der Waals surface area contributed by atoms with E-state index in [0.717, 1.165) is 11.4 Å². The summed E-state index contributed by atoms with van der Waals surface area (Å²) in [6.07, 6.45) is 9.50. The van der Waals surface area contributed by atoms with Crippen LogP contribution in [0.1, 0.15) is 29.5 Å². The van der Waals surface area contributed by atoms with Crippen LogP contribution < -0.4 is 5.32 Å². The molecule has 4 rings (SSSR count). The molecule has 0 saturated heterocycles. The first-order chi connectivity index (χ1) is 9.83. The summed E-state index contributed by atoms with van der Waals surface area (Å²) in [6, 6.07) is 10.6. The fourth-order valence-corrected chi connectivity index (χ4v) is 3.64. The molecule has 20 heavy (non-hydrogen) atoms. The van der Waals surface area contributed by atoms with Gasteiger partial charge in [-0.1, -0.05) is 29.8 Å². The van der Waals surface area contributed by atoms with Gasteiger partial charge in [0.05, 0.1) is 6.04 Å². The van der Waals surface area contributed by atoms with E-state index >= 15 is 0 Å². The Kier molecular flexibility index (Phi) is 2.78. The third-order valence-corrected chi connectivity index (χ3v) is 4.60. The minimum absolute atomic E-state index is 0.317. The Labute approximate surface area is 123 Å². The summed E-state index contributed by atoms with van der Waals surface area (Å²) in [7, 11) is 0. The molecule has 1 aliphatic heterocycles. The fraction of sp³-hybridized carbons (Fsp3) is 0.235. The largest absolute Gasteiger partial charge is 0.378 e. The Morgan fingerprint density at radius 1 is 1.25 bits per heavy atom. The van der Waals surface area contributed by atoms with Gasteiger partial charge in [0.1, 0.15) is 0 Å². The van der Waals surface area contributed by atoms with E-state index in [0.29, 0.717) is 17.9 Å². The van der Waals surface area contributed by atoms with Gasteiger partial charge in [0.2, 0.25) is 0 Å². The number of fused-ring (bicyclic) bond motifs is 3. The Hall–Kier alpha value is -1.80. The van der Waals surface area contributed by atoms with E-state index in [4.69, 9.17) is 11.6 Å². The van der Waals surface area contributed by atoms with E-state index in [1.165, 1.54) is 16.8 Å². The number of nitrogens with one attached hydrogen (secondary N) is 1. The van der Waals surface area contributed by atoms with Gasteiger partial charge in [-0.2, -0.15) is 0 Å². The van der Waals surface area contributed by atoms with E-state index in [2.05, 4.69) is 40.7 Å². The zero-order chi connectivity index (χ0) is 13.5. The highest BCUT2D eigenvalue weighted by Gasteiger charge is 2.37. The Balaban J connectivity index is 1.80. The van der Waals surface area contributed by atoms with Gasteiger partial charge in [-0.15, -0.1) is 0 Å². The third kappa shape index (κ3) is 1.83. The molecule has 0 unspecified atom stereocenters. The first-order valence-electron chi connectivity index (χ1n) is 6.95.